The van der Waals surface area contributed by atoms with Crippen LogP contribution in [-0.4, -0.2) is 41.5 Å². The summed E-state index contributed by atoms with van der Waals surface area (Å²) < 4.78 is 11.1. The van der Waals surface area contributed by atoms with Gasteiger partial charge in [0.05, 0.1) is 11.8 Å². The molecule has 40 heavy (non-hydrogen) atoms. The van der Waals surface area contributed by atoms with Crippen molar-refractivity contribution in [2.24, 2.45) is 0 Å². The average molecular weight is 542 g/mol. The third-order valence-electron chi connectivity index (χ3n) is 6.38. The highest BCUT2D eigenvalue weighted by Gasteiger charge is 2.27. The molecule has 4 aromatic rings. The minimum Gasteiger partial charge on any atom is -0.444 e. The molecule has 0 spiro atoms. The summed E-state index contributed by atoms with van der Waals surface area (Å²) >= 11 is 0. The molecular weight excluding hydrogens is 506 g/mol. The van der Waals surface area contributed by atoms with E-state index in [2.05, 4.69) is 15.6 Å². The fraction of sp³-hybridized carbons (Fsp3) is 0.312. The van der Waals surface area contributed by atoms with Crippen molar-refractivity contribution in [3.8, 4) is 0 Å². The summed E-state index contributed by atoms with van der Waals surface area (Å²) in [6, 6.07) is 26.1. The van der Waals surface area contributed by atoms with Gasteiger partial charge in [-0.05, 0) is 56.9 Å². The van der Waals surface area contributed by atoms with Crippen LogP contribution >= 0.6 is 0 Å². The average Bonchev–Trinajstić information content (AvgIpc) is 3.38. The number of carbonyl (C=O) groups is 3. The van der Waals surface area contributed by atoms with Crippen molar-refractivity contribution in [2.45, 2.75) is 51.0 Å². The molecule has 4 rings (SSSR count). The van der Waals surface area contributed by atoms with Crippen LogP contribution in [0.15, 0.2) is 89.3 Å². The Bertz CT molecular complexity index is 1390. The molecule has 0 aliphatic heterocycles. The molecule has 8 nitrogen and oxygen atoms in total. The van der Waals surface area contributed by atoms with Crippen molar-refractivity contribution in [1.29, 1.82) is 0 Å². The number of hydrogen-bond acceptors (Lipinski definition) is 6. The van der Waals surface area contributed by atoms with E-state index in [1.807, 2.05) is 72.8 Å². The second-order valence-corrected chi connectivity index (χ2v) is 10.6. The maximum atomic E-state index is 13.5. The van der Waals surface area contributed by atoms with Crippen molar-refractivity contribution in [3.05, 3.63) is 102 Å². The Morgan fingerprint density at radius 3 is 1.95 bits per heavy atom. The lowest BCUT2D eigenvalue weighted by Crippen LogP contribution is -2.36. The fourth-order valence-corrected chi connectivity index (χ4v) is 4.49. The number of amides is 2. The highest BCUT2D eigenvalue weighted by molar-refractivity contribution is 5.99. The van der Waals surface area contributed by atoms with Crippen LogP contribution in [0.5, 0.6) is 0 Å². The maximum Gasteiger partial charge on any atom is 0.407 e. The number of ether oxygens (including phenoxy) is 1. The Morgan fingerprint density at radius 1 is 0.775 bits per heavy atom. The molecule has 0 aliphatic rings. The van der Waals surface area contributed by atoms with Gasteiger partial charge in [-0.25, -0.2) is 9.78 Å². The Balaban J connectivity index is 1.43. The number of Topliss-reactive ketones (excluding diaryl/α,β-unsaturated/α-hetero) is 1. The van der Waals surface area contributed by atoms with E-state index in [0.717, 1.165) is 11.1 Å². The van der Waals surface area contributed by atoms with Gasteiger partial charge in [0.2, 0.25) is 11.7 Å². The highest BCUT2D eigenvalue weighted by Crippen LogP contribution is 2.26. The predicted molar refractivity (Wildman–Crippen MR) is 153 cm³/mol. The van der Waals surface area contributed by atoms with Crippen molar-refractivity contribution >= 4 is 28.9 Å². The molecule has 2 unspecified atom stereocenters. The third kappa shape index (κ3) is 7.79. The number of benzene rings is 3. The van der Waals surface area contributed by atoms with Crippen LogP contribution in [0.4, 0.5) is 4.79 Å². The zero-order valence-corrected chi connectivity index (χ0v) is 23.1. The Hall–Kier alpha value is -4.46. The molecule has 2 amide bonds. The molecule has 208 valence electrons. The topological polar surface area (TPSA) is 111 Å². The highest BCUT2D eigenvalue weighted by atomic mass is 16.6. The van der Waals surface area contributed by atoms with Gasteiger partial charge in [-0.1, -0.05) is 72.8 Å². The first-order valence-electron chi connectivity index (χ1n) is 13.5. The van der Waals surface area contributed by atoms with Crippen LogP contribution in [0.25, 0.3) is 11.1 Å². The number of oxazole rings is 1. The van der Waals surface area contributed by atoms with E-state index in [0.29, 0.717) is 23.9 Å². The van der Waals surface area contributed by atoms with Crippen LogP contribution in [0.3, 0.4) is 0 Å². The standard InChI is InChI=1S/C32H35N3O5/c1-32(2,3)40-31(38)34-21-19-25(23-14-8-5-9-15-23)29(37)33-20-18-24(22-12-6-4-7-13-22)28(36)30-35-26-16-10-11-17-27(26)39-30/h4-17,24-25H,18-21H2,1-3H3,(H,33,37)(H,34,38). The van der Waals surface area contributed by atoms with Gasteiger partial charge in [0, 0.05) is 13.1 Å². The van der Waals surface area contributed by atoms with E-state index < -0.39 is 23.5 Å². The molecule has 0 saturated carbocycles. The number of ketones is 1. The van der Waals surface area contributed by atoms with Crippen molar-refractivity contribution in [3.63, 3.8) is 0 Å². The van der Waals surface area contributed by atoms with Gasteiger partial charge in [0.1, 0.15) is 11.1 Å². The minimum absolute atomic E-state index is 0.0526. The molecule has 0 bridgehead atoms. The maximum absolute atomic E-state index is 13.5. The predicted octanol–water partition coefficient (Wildman–Crippen LogP) is 6.00. The van der Waals surface area contributed by atoms with Crippen molar-refractivity contribution < 1.29 is 23.5 Å². The SMILES string of the molecule is CC(C)(C)OC(=O)NCCC(C(=O)NCCC(C(=O)c1nc2ccccc2o1)c1ccccc1)c1ccccc1. The van der Waals surface area contributed by atoms with Gasteiger partial charge in [-0.2, -0.15) is 0 Å². The van der Waals surface area contributed by atoms with E-state index in [1.54, 1.807) is 32.9 Å². The first-order valence-corrected chi connectivity index (χ1v) is 13.5. The second kappa shape index (κ2) is 13.1. The summed E-state index contributed by atoms with van der Waals surface area (Å²) in [6.45, 7) is 5.93. The Kier molecular flexibility index (Phi) is 9.32. The quantitative estimate of drug-likeness (QED) is 0.225. The molecule has 2 N–H and O–H groups in total. The lowest BCUT2D eigenvalue weighted by atomic mass is 9.91. The molecular formula is C32H35N3O5. The molecule has 1 heterocycles. The summed E-state index contributed by atoms with van der Waals surface area (Å²) in [5.74, 6) is -1.40. The molecule has 0 aliphatic carbocycles. The van der Waals surface area contributed by atoms with Crippen LogP contribution in [-0.2, 0) is 9.53 Å². The molecule has 8 heteroatoms. The number of fused-ring (bicyclic) bond motifs is 1. The number of para-hydroxylation sites is 2. The largest absolute Gasteiger partial charge is 0.444 e. The summed E-state index contributed by atoms with van der Waals surface area (Å²) in [5, 5.41) is 5.74. The van der Waals surface area contributed by atoms with E-state index >= 15 is 0 Å². The van der Waals surface area contributed by atoms with Crippen LogP contribution in [0.1, 0.15) is 67.3 Å². The van der Waals surface area contributed by atoms with Gasteiger partial charge < -0.3 is 19.8 Å². The van der Waals surface area contributed by atoms with Gasteiger partial charge in [-0.15, -0.1) is 0 Å². The second-order valence-electron chi connectivity index (χ2n) is 10.6. The number of alkyl carbamates (subject to hydrolysis) is 1. The Morgan fingerprint density at radius 2 is 1.32 bits per heavy atom. The minimum atomic E-state index is -0.606. The van der Waals surface area contributed by atoms with E-state index in [9.17, 15) is 14.4 Å². The summed E-state index contributed by atoms with van der Waals surface area (Å²) in [6.07, 6.45) is 0.229. The smallest absolute Gasteiger partial charge is 0.407 e. The Labute approximate surface area is 234 Å². The molecule has 0 radical (unpaired) electrons. The summed E-state index contributed by atoms with van der Waals surface area (Å²) in [4.78, 5) is 43.4. The van der Waals surface area contributed by atoms with Crippen LogP contribution in [0.2, 0.25) is 0 Å². The first-order chi connectivity index (χ1) is 19.2. The van der Waals surface area contributed by atoms with E-state index in [1.165, 1.54) is 0 Å². The van der Waals surface area contributed by atoms with Gasteiger partial charge in [0.25, 0.3) is 5.89 Å². The number of hydrogen-bond donors (Lipinski definition) is 2. The van der Waals surface area contributed by atoms with E-state index in [-0.39, 0.29) is 30.7 Å². The summed E-state index contributed by atoms with van der Waals surface area (Å²) in [5.41, 5.74) is 2.23. The molecule has 0 saturated heterocycles. The first kappa shape index (κ1) is 28.5. The lowest BCUT2D eigenvalue weighted by Gasteiger charge is -2.21. The normalized spacial score (nSPS) is 12.9. The monoisotopic (exact) mass is 541 g/mol. The van der Waals surface area contributed by atoms with E-state index in [4.69, 9.17) is 9.15 Å². The molecule has 2 atom stereocenters. The van der Waals surface area contributed by atoms with Crippen molar-refractivity contribution in [2.75, 3.05) is 13.1 Å². The van der Waals surface area contributed by atoms with Crippen molar-refractivity contribution in [1.82, 2.24) is 15.6 Å². The number of nitrogens with one attached hydrogen (secondary N) is 2. The third-order valence-corrected chi connectivity index (χ3v) is 6.38. The number of rotatable bonds is 11. The van der Waals surface area contributed by atoms with Gasteiger partial charge in [0.15, 0.2) is 5.58 Å². The number of nitrogens with zero attached hydrogens (tertiary/aromatic N) is 1. The van der Waals surface area contributed by atoms with Crippen LogP contribution in [0, 0.1) is 0 Å². The lowest BCUT2D eigenvalue weighted by molar-refractivity contribution is -0.122. The number of carbonyl (C=O) groups excluding carboxylic acids is 3. The van der Waals surface area contributed by atoms with Gasteiger partial charge in [-0.3, -0.25) is 9.59 Å². The molecule has 1 aromatic heterocycles. The molecule has 3 aromatic carbocycles. The summed E-state index contributed by atoms with van der Waals surface area (Å²) in [7, 11) is 0. The van der Waals surface area contributed by atoms with Gasteiger partial charge >= 0.3 is 6.09 Å². The zero-order valence-electron chi connectivity index (χ0n) is 23.1. The zero-order chi connectivity index (χ0) is 28.5. The van der Waals surface area contributed by atoms with Crippen LogP contribution < -0.4 is 10.6 Å². The molecule has 0 fully saturated rings. The fourth-order valence-electron chi connectivity index (χ4n) is 4.49. The number of aromatic nitrogens is 1.